The molecule has 0 aliphatic carbocycles. The number of rotatable bonds is 4. The highest BCUT2D eigenvalue weighted by molar-refractivity contribution is 6.31. The van der Waals surface area contributed by atoms with Crippen molar-refractivity contribution in [3.05, 3.63) is 87.7 Å². The van der Waals surface area contributed by atoms with Gasteiger partial charge in [-0.05, 0) is 48.4 Å². The summed E-state index contributed by atoms with van der Waals surface area (Å²) < 4.78 is 102. The quantitative estimate of drug-likeness (QED) is 0.313. The summed E-state index contributed by atoms with van der Waals surface area (Å²) in [5, 5.41) is -0.777. The predicted octanol–water partition coefficient (Wildman–Crippen LogP) is 7.14. The van der Waals surface area contributed by atoms with E-state index in [1.807, 2.05) is 0 Å². The third-order valence-corrected chi connectivity index (χ3v) is 4.43. The molecule has 0 amide bonds. The molecule has 0 unspecified atom stereocenters. The first kappa shape index (κ1) is 21.0. The third-order valence-electron chi connectivity index (χ3n) is 4.07. The summed E-state index contributed by atoms with van der Waals surface area (Å²) in [6.45, 7) is 1.19. The van der Waals surface area contributed by atoms with Crippen LogP contribution in [0, 0.1) is 36.0 Å². The van der Waals surface area contributed by atoms with Gasteiger partial charge in [-0.2, -0.15) is 8.78 Å². The highest BCUT2D eigenvalue weighted by atomic mass is 35.5. The first-order valence-corrected chi connectivity index (χ1v) is 8.35. The lowest BCUT2D eigenvalue weighted by Gasteiger charge is -2.19. The molecule has 3 rings (SSSR count). The lowest BCUT2D eigenvalue weighted by Crippen LogP contribution is -2.24. The molecule has 0 N–H and O–H groups in total. The molecule has 0 aliphatic rings. The Balaban J connectivity index is 1.94. The number of hydrogen-bond acceptors (Lipinski definition) is 1. The van der Waals surface area contributed by atoms with Crippen LogP contribution in [0.15, 0.2) is 42.5 Å². The van der Waals surface area contributed by atoms with Gasteiger partial charge in [-0.1, -0.05) is 17.7 Å². The molecule has 0 spiro atoms. The van der Waals surface area contributed by atoms with Crippen molar-refractivity contribution >= 4 is 11.6 Å². The topological polar surface area (TPSA) is 9.23 Å². The minimum atomic E-state index is -4.31. The average molecular weight is 435 g/mol. The van der Waals surface area contributed by atoms with Crippen molar-refractivity contribution in [3.8, 4) is 16.9 Å². The average Bonchev–Trinajstić information content (AvgIpc) is 2.63. The maximum Gasteiger partial charge on any atom is 0.429 e. The normalized spacial score (nSPS) is 11.6. The SMILES string of the molecule is Cc1ccc(C(F)(F)Oc2ccc(-c3cc(F)c(Cl)c(F)c3)c(F)c2)c(F)c1F. The fourth-order valence-corrected chi connectivity index (χ4v) is 2.69. The largest absolute Gasteiger partial charge is 0.429 e. The Bertz CT molecular complexity index is 1080. The van der Waals surface area contributed by atoms with Crippen LogP contribution in [0.5, 0.6) is 5.75 Å². The van der Waals surface area contributed by atoms with E-state index in [1.165, 1.54) is 6.92 Å². The van der Waals surface area contributed by atoms with Crippen LogP contribution in [0.4, 0.5) is 30.7 Å². The molecule has 0 saturated heterocycles. The molecule has 3 aromatic rings. The zero-order valence-electron chi connectivity index (χ0n) is 14.5. The first-order valence-electron chi connectivity index (χ1n) is 7.97. The molecule has 0 heterocycles. The van der Waals surface area contributed by atoms with Crippen molar-refractivity contribution in [2.45, 2.75) is 13.0 Å². The van der Waals surface area contributed by atoms with E-state index in [2.05, 4.69) is 4.74 Å². The summed E-state index contributed by atoms with van der Waals surface area (Å²) in [5.41, 5.74) is -2.10. The van der Waals surface area contributed by atoms with E-state index < -0.39 is 51.5 Å². The molecule has 0 saturated carbocycles. The second-order valence-corrected chi connectivity index (χ2v) is 6.45. The van der Waals surface area contributed by atoms with Gasteiger partial charge in [0.25, 0.3) is 0 Å². The zero-order chi connectivity index (χ0) is 21.5. The molecule has 29 heavy (non-hydrogen) atoms. The van der Waals surface area contributed by atoms with Crippen LogP contribution < -0.4 is 4.74 Å². The van der Waals surface area contributed by atoms with Crippen LogP contribution in [0.25, 0.3) is 11.1 Å². The maximum atomic E-state index is 14.3. The molecule has 152 valence electrons. The van der Waals surface area contributed by atoms with Crippen molar-refractivity contribution in [2.24, 2.45) is 0 Å². The second kappa shape index (κ2) is 7.59. The molecule has 9 heteroatoms. The predicted molar refractivity (Wildman–Crippen MR) is 92.4 cm³/mol. The van der Waals surface area contributed by atoms with Gasteiger partial charge in [0.2, 0.25) is 0 Å². The minimum Gasteiger partial charge on any atom is -0.429 e. The zero-order valence-corrected chi connectivity index (χ0v) is 15.2. The summed E-state index contributed by atoms with van der Waals surface area (Å²) in [4.78, 5) is 0. The van der Waals surface area contributed by atoms with Gasteiger partial charge in [-0.3, -0.25) is 0 Å². The Hall–Kier alpha value is -2.74. The van der Waals surface area contributed by atoms with Crippen LogP contribution >= 0.6 is 11.6 Å². The molecule has 0 bridgehead atoms. The lowest BCUT2D eigenvalue weighted by atomic mass is 10.0. The van der Waals surface area contributed by atoms with Gasteiger partial charge in [0, 0.05) is 11.6 Å². The van der Waals surface area contributed by atoms with Crippen LogP contribution in [0.1, 0.15) is 11.1 Å². The van der Waals surface area contributed by atoms with Crippen LogP contribution in [-0.4, -0.2) is 0 Å². The van der Waals surface area contributed by atoms with E-state index in [0.717, 1.165) is 30.3 Å². The van der Waals surface area contributed by atoms with E-state index in [9.17, 15) is 30.7 Å². The Morgan fingerprint density at radius 1 is 0.793 bits per heavy atom. The Morgan fingerprint density at radius 3 is 2.00 bits per heavy atom. The Kier molecular flexibility index (Phi) is 5.49. The van der Waals surface area contributed by atoms with Gasteiger partial charge in [0.15, 0.2) is 11.6 Å². The number of alkyl halides is 2. The van der Waals surface area contributed by atoms with E-state index in [1.54, 1.807) is 0 Å². The molecule has 0 fully saturated rings. The first-order chi connectivity index (χ1) is 13.5. The van der Waals surface area contributed by atoms with Gasteiger partial charge in [0.05, 0.1) is 0 Å². The highest BCUT2D eigenvalue weighted by Crippen LogP contribution is 2.36. The van der Waals surface area contributed by atoms with Crippen LogP contribution in [-0.2, 0) is 6.11 Å². The summed E-state index contributed by atoms with van der Waals surface area (Å²) in [7, 11) is 0. The minimum absolute atomic E-state index is 0.181. The van der Waals surface area contributed by atoms with Crippen molar-refractivity contribution in [3.63, 3.8) is 0 Å². The number of hydrogen-bond donors (Lipinski definition) is 0. The number of ether oxygens (including phenoxy) is 1. The standard InChI is InChI=1S/C20H10ClF7O/c1-9-2-5-13(19(26)18(9)25)20(27,28)29-11-3-4-12(14(22)8-11)10-6-15(23)17(21)16(24)7-10/h2-8H,1H3. The van der Waals surface area contributed by atoms with E-state index in [0.29, 0.717) is 12.1 Å². The Morgan fingerprint density at radius 2 is 1.41 bits per heavy atom. The van der Waals surface area contributed by atoms with Crippen molar-refractivity contribution in [1.29, 1.82) is 0 Å². The number of aryl methyl sites for hydroxylation is 1. The fraction of sp³-hybridized carbons (Fsp3) is 0.100. The van der Waals surface area contributed by atoms with Gasteiger partial charge in [-0.25, -0.2) is 22.0 Å². The number of benzene rings is 3. The maximum absolute atomic E-state index is 14.3. The molecule has 0 radical (unpaired) electrons. The lowest BCUT2D eigenvalue weighted by molar-refractivity contribution is -0.187. The molecule has 0 atom stereocenters. The number of halogens is 8. The fourth-order valence-electron chi connectivity index (χ4n) is 2.58. The van der Waals surface area contributed by atoms with Gasteiger partial charge in [-0.15, -0.1) is 0 Å². The molecule has 3 aromatic carbocycles. The summed E-state index contributed by atoms with van der Waals surface area (Å²) >= 11 is 5.36. The second-order valence-electron chi connectivity index (χ2n) is 6.07. The monoisotopic (exact) mass is 434 g/mol. The third kappa shape index (κ3) is 4.03. The Labute approximate surface area is 165 Å². The van der Waals surface area contributed by atoms with E-state index in [4.69, 9.17) is 11.6 Å². The summed E-state index contributed by atoms with van der Waals surface area (Å²) in [5.74, 6) is -7.38. The van der Waals surface area contributed by atoms with Crippen LogP contribution in [0.2, 0.25) is 5.02 Å². The molecular formula is C20H10ClF7O. The van der Waals surface area contributed by atoms with Crippen molar-refractivity contribution in [1.82, 2.24) is 0 Å². The van der Waals surface area contributed by atoms with Gasteiger partial charge >= 0.3 is 6.11 Å². The van der Waals surface area contributed by atoms with Gasteiger partial charge in [0.1, 0.15) is 33.8 Å². The van der Waals surface area contributed by atoms with E-state index in [-0.39, 0.29) is 16.7 Å². The summed E-state index contributed by atoms with van der Waals surface area (Å²) in [6, 6.07) is 5.48. The molecule has 1 nitrogen and oxygen atoms in total. The van der Waals surface area contributed by atoms with Crippen molar-refractivity contribution < 1.29 is 35.5 Å². The summed E-state index contributed by atoms with van der Waals surface area (Å²) in [6.07, 6.45) is -4.31. The molecular weight excluding hydrogens is 425 g/mol. The smallest absolute Gasteiger partial charge is 0.429 e. The molecule has 0 aliphatic heterocycles. The highest BCUT2D eigenvalue weighted by Gasteiger charge is 2.39. The van der Waals surface area contributed by atoms with E-state index >= 15 is 0 Å². The van der Waals surface area contributed by atoms with Crippen LogP contribution in [0.3, 0.4) is 0 Å². The molecule has 0 aromatic heterocycles. The van der Waals surface area contributed by atoms with Crippen molar-refractivity contribution in [2.75, 3.05) is 0 Å². The van der Waals surface area contributed by atoms with Gasteiger partial charge < -0.3 is 4.74 Å².